The van der Waals surface area contributed by atoms with Gasteiger partial charge in [-0.15, -0.1) is 0 Å². The van der Waals surface area contributed by atoms with Crippen LogP contribution < -0.4 is 5.32 Å². The van der Waals surface area contributed by atoms with Crippen LogP contribution in [0.2, 0.25) is 0 Å². The molecule has 0 unspecified atom stereocenters. The third-order valence-electron chi connectivity index (χ3n) is 5.70. The number of hydrogen-bond donors (Lipinski definition) is 1. The number of amides is 2. The van der Waals surface area contributed by atoms with E-state index >= 15 is 0 Å². The van der Waals surface area contributed by atoms with Gasteiger partial charge in [-0.2, -0.15) is 0 Å². The Kier molecular flexibility index (Phi) is 2.51. The molecule has 0 aromatic heterocycles. The smallest absolute Gasteiger partial charge is 0.249 e. The van der Waals surface area contributed by atoms with Crippen molar-refractivity contribution in [2.75, 3.05) is 0 Å². The van der Waals surface area contributed by atoms with Crippen molar-refractivity contribution in [3.05, 3.63) is 35.9 Å². The first kappa shape index (κ1) is 12.9. The Morgan fingerprint density at radius 2 is 2.05 bits per heavy atom. The van der Waals surface area contributed by atoms with Crippen LogP contribution in [0.1, 0.15) is 38.2 Å². The van der Waals surface area contributed by atoms with Crippen LogP contribution in [-0.2, 0) is 16.1 Å². The molecule has 4 fully saturated rings. The Morgan fingerprint density at radius 1 is 1.29 bits per heavy atom. The average molecular weight is 284 g/mol. The standard InChI is InChI=1S/C17H20N2O2/c1-16-10-13-8-5-9-17(13,18-14(16)20)15(21)19(16)11-12-6-3-2-4-7-12/h2-4,6-7,13H,5,8-11H2,1H3,(H,18,20)/t13-,16-,17-/m1/s1. The Labute approximate surface area is 124 Å². The van der Waals surface area contributed by atoms with E-state index in [1.54, 1.807) is 0 Å². The highest BCUT2D eigenvalue weighted by atomic mass is 16.2. The predicted molar refractivity (Wildman–Crippen MR) is 78.2 cm³/mol. The summed E-state index contributed by atoms with van der Waals surface area (Å²) in [5, 5.41) is 3.07. The number of fused-ring (bicyclic) bond motifs is 2. The monoisotopic (exact) mass is 284 g/mol. The molecule has 1 saturated carbocycles. The Bertz CT molecular complexity index is 614. The summed E-state index contributed by atoms with van der Waals surface area (Å²) in [6.45, 7) is 2.45. The van der Waals surface area contributed by atoms with Crippen molar-refractivity contribution in [1.82, 2.24) is 10.2 Å². The number of carbonyl (C=O) groups is 2. The van der Waals surface area contributed by atoms with E-state index in [0.717, 1.165) is 31.2 Å². The number of nitrogens with one attached hydrogen (secondary N) is 1. The molecule has 2 bridgehead atoms. The second kappa shape index (κ2) is 4.09. The number of carbonyl (C=O) groups excluding carboxylic acids is 2. The number of benzene rings is 1. The van der Waals surface area contributed by atoms with E-state index in [-0.39, 0.29) is 11.8 Å². The Morgan fingerprint density at radius 3 is 2.81 bits per heavy atom. The summed E-state index contributed by atoms with van der Waals surface area (Å²) in [7, 11) is 0. The fraction of sp³-hybridized carbons (Fsp3) is 0.529. The number of piperazine rings is 1. The van der Waals surface area contributed by atoms with Gasteiger partial charge in [0.1, 0.15) is 11.1 Å². The normalized spacial score (nSPS) is 37.6. The van der Waals surface area contributed by atoms with Crippen molar-refractivity contribution in [3.63, 3.8) is 0 Å². The fourth-order valence-electron chi connectivity index (χ4n) is 4.47. The first-order chi connectivity index (χ1) is 10.1. The molecule has 0 radical (unpaired) electrons. The maximum Gasteiger partial charge on any atom is 0.249 e. The van der Waals surface area contributed by atoms with Crippen molar-refractivity contribution in [1.29, 1.82) is 0 Å². The predicted octanol–water partition coefficient (Wildman–Crippen LogP) is 1.85. The minimum absolute atomic E-state index is 0.0242. The maximum atomic E-state index is 13.1. The molecular formula is C17H20N2O2. The number of rotatable bonds is 2. The van der Waals surface area contributed by atoms with Crippen LogP contribution in [0.3, 0.4) is 0 Å². The molecule has 3 atom stereocenters. The lowest BCUT2D eigenvalue weighted by Gasteiger charge is -2.58. The summed E-state index contributed by atoms with van der Waals surface area (Å²) in [5.74, 6) is 0.470. The Balaban J connectivity index is 1.74. The first-order valence-corrected chi connectivity index (χ1v) is 7.75. The molecule has 4 heteroatoms. The third kappa shape index (κ3) is 1.56. The largest absolute Gasteiger partial charge is 0.339 e. The highest BCUT2D eigenvalue weighted by molar-refractivity contribution is 6.04. The molecule has 1 aromatic rings. The SMILES string of the molecule is C[C@@]12C[C@H]3CCC[C@]3(NC1=O)C(=O)N2Cc1ccccc1. The van der Waals surface area contributed by atoms with E-state index in [9.17, 15) is 9.59 Å². The van der Waals surface area contributed by atoms with E-state index in [4.69, 9.17) is 0 Å². The van der Waals surface area contributed by atoms with Crippen molar-refractivity contribution >= 4 is 11.8 Å². The molecule has 21 heavy (non-hydrogen) atoms. The highest BCUT2D eigenvalue weighted by Gasteiger charge is 2.66. The van der Waals surface area contributed by atoms with Crippen LogP contribution in [0.5, 0.6) is 0 Å². The van der Waals surface area contributed by atoms with Gasteiger partial charge in [0.15, 0.2) is 0 Å². The molecule has 3 saturated heterocycles. The second-order valence-corrected chi connectivity index (χ2v) is 6.87. The zero-order valence-electron chi connectivity index (χ0n) is 12.3. The maximum absolute atomic E-state index is 13.1. The van der Waals surface area contributed by atoms with Crippen LogP contribution in [-0.4, -0.2) is 27.8 Å². The van der Waals surface area contributed by atoms with Crippen LogP contribution in [0, 0.1) is 5.92 Å². The summed E-state index contributed by atoms with van der Waals surface area (Å²) in [4.78, 5) is 27.4. The summed E-state index contributed by atoms with van der Waals surface area (Å²) in [5.41, 5.74) is -0.216. The van der Waals surface area contributed by atoms with Crippen molar-refractivity contribution in [3.8, 4) is 0 Å². The van der Waals surface area contributed by atoms with Gasteiger partial charge in [-0.3, -0.25) is 9.59 Å². The lowest BCUT2D eigenvalue weighted by molar-refractivity contribution is -0.176. The quantitative estimate of drug-likeness (QED) is 0.901. The van der Waals surface area contributed by atoms with E-state index < -0.39 is 11.1 Å². The molecule has 1 aromatic carbocycles. The van der Waals surface area contributed by atoms with Crippen LogP contribution in [0.25, 0.3) is 0 Å². The topological polar surface area (TPSA) is 49.4 Å². The van der Waals surface area contributed by atoms with E-state index in [2.05, 4.69) is 5.32 Å². The number of nitrogens with zero attached hydrogens (tertiary/aromatic N) is 1. The molecule has 4 nitrogen and oxygen atoms in total. The molecule has 1 aliphatic carbocycles. The number of hydrogen-bond acceptors (Lipinski definition) is 2. The van der Waals surface area contributed by atoms with E-state index in [1.165, 1.54) is 0 Å². The van der Waals surface area contributed by atoms with Gasteiger partial charge in [0.2, 0.25) is 11.8 Å². The zero-order chi connectivity index (χ0) is 14.7. The molecule has 2 amide bonds. The van der Waals surface area contributed by atoms with Crippen molar-refractivity contribution in [2.45, 2.75) is 50.2 Å². The van der Waals surface area contributed by atoms with Crippen LogP contribution >= 0.6 is 0 Å². The summed E-state index contributed by atoms with van der Waals surface area (Å²) >= 11 is 0. The molecule has 1 N–H and O–H groups in total. The molecule has 3 aliphatic heterocycles. The first-order valence-electron chi connectivity index (χ1n) is 7.75. The van der Waals surface area contributed by atoms with Gasteiger partial charge in [-0.25, -0.2) is 0 Å². The summed E-state index contributed by atoms with van der Waals surface area (Å²) < 4.78 is 0. The van der Waals surface area contributed by atoms with E-state index in [1.807, 2.05) is 42.2 Å². The third-order valence-corrected chi connectivity index (χ3v) is 5.70. The van der Waals surface area contributed by atoms with Gasteiger partial charge in [0.05, 0.1) is 0 Å². The molecule has 4 aliphatic rings. The van der Waals surface area contributed by atoms with Crippen molar-refractivity contribution < 1.29 is 9.59 Å². The van der Waals surface area contributed by atoms with Crippen LogP contribution in [0.15, 0.2) is 30.3 Å². The zero-order valence-corrected chi connectivity index (χ0v) is 12.3. The minimum atomic E-state index is -0.691. The van der Waals surface area contributed by atoms with Crippen molar-refractivity contribution in [2.24, 2.45) is 5.92 Å². The van der Waals surface area contributed by atoms with Gasteiger partial charge >= 0.3 is 0 Å². The van der Waals surface area contributed by atoms with Gasteiger partial charge in [-0.1, -0.05) is 36.8 Å². The van der Waals surface area contributed by atoms with Gasteiger partial charge in [-0.05, 0) is 37.7 Å². The summed E-state index contributed by atoms with van der Waals surface area (Å²) in [6.07, 6.45) is 3.69. The van der Waals surface area contributed by atoms with Gasteiger partial charge < -0.3 is 10.2 Å². The fourth-order valence-corrected chi connectivity index (χ4v) is 4.47. The Hall–Kier alpha value is -1.84. The molecule has 1 spiro atoms. The van der Waals surface area contributed by atoms with Gasteiger partial charge in [0.25, 0.3) is 0 Å². The van der Waals surface area contributed by atoms with E-state index in [0.29, 0.717) is 12.5 Å². The molecule has 110 valence electrons. The van der Waals surface area contributed by atoms with Gasteiger partial charge in [0, 0.05) is 6.54 Å². The molecular weight excluding hydrogens is 264 g/mol. The number of piperidine rings is 2. The minimum Gasteiger partial charge on any atom is -0.339 e. The summed E-state index contributed by atoms with van der Waals surface area (Å²) in [6, 6.07) is 9.94. The molecule has 5 rings (SSSR count). The average Bonchev–Trinajstić information content (AvgIpc) is 2.88. The van der Waals surface area contributed by atoms with Crippen LogP contribution in [0.4, 0.5) is 0 Å². The lowest BCUT2D eigenvalue weighted by atomic mass is 9.67. The second-order valence-electron chi connectivity index (χ2n) is 6.87. The lowest BCUT2D eigenvalue weighted by Crippen LogP contribution is -2.80. The molecule has 3 heterocycles. The highest BCUT2D eigenvalue weighted by Crippen LogP contribution is 2.51.